The third kappa shape index (κ3) is 4.25. The maximum absolute atomic E-state index is 12.9. The van der Waals surface area contributed by atoms with Gasteiger partial charge in [-0.1, -0.05) is 23.7 Å². The van der Waals surface area contributed by atoms with Crippen LogP contribution in [0.25, 0.3) is 0 Å². The van der Waals surface area contributed by atoms with Gasteiger partial charge in [0.25, 0.3) is 5.69 Å². The molecule has 156 valence electrons. The van der Waals surface area contributed by atoms with E-state index >= 15 is 0 Å². The number of hydrogen-bond donors (Lipinski definition) is 1. The third-order valence-electron chi connectivity index (χ3n) is 4.66. The van der Waals surface area contributed by atoms with E-state index < -0.39 is 23.0 Å². The lowest BCUT2D eigenvalue weighted by Gasteiger charge is -2.35. The van der Waals surface area contributed by atoms with Crippen LogP contribution in [-0.4, -0.2) is 33.4 Å². The number of nitrogens with zero attached hydrogens (tertiary/aromatic N) is 3. The van der Waals surface area contributed by atoms with E-state index in [0.717, 1.165) is 5.56 Å². The van der Waals surface area contributed by atoms with Gasteiger partial charge < -0.3 is 10.1 Å². The fourth-order valence-electron chi connectivity index (χ4n) is 3.22. The Labute approximate surface area is 177 Å². The number of nitro benzene ring substituents is 1. The molecule has 0 saturated heterocycles. The number of aromatic nitrogens is 1. The largest absolute Gasteiger partial charge is 0.463 e. The van der Waals surface area contributed by atoms with E-state index in [1.54, 1.807) is 32.3 Å². The van der Waals surface area contributed by atoms with E-state index in [9.17, 15) is 19.7 Å². The standard InChI is InChI=1S/C20H19ClN4O5/c1-3-30-19(26)17-12(2)24(11-13-5-4-8-22-10-13)20(27)23-18(17)14-6-7-15(21)16(9-14)25(28)29/h4-10,18H,3,11H2,1-2H3,(H,23,27)/t18-/m0/s1. The molecule has 0 aliphatic carbocycles. The zero-order valence-electron chi connectivity index (χ0n) is 16.3. The number of rotatable bonds is 6. The predicted octanol–water partition coefficient (Wildman–Crippen LogP) is 3.75. The van der Waals surface area contributed by atoms with E-state index in [1.165, 1.54) is 23.1 Å². The summed E-state index contributed by atoms with van der Waals surface area (Å²) >= 11 is 5.90. The summed E-state index contributed by atoms with van der Waals surface area (Å²) in [6.07, 6.45) is 3.25. The molecule has 1 aliphatic rings. The Morgan fingerprint density at radius 3 is 2.80 bits per heavy atom. The van der Waals surface area contributed by atoms with Crippen molar-refractivity contribution in [3.8, 4) is 0 Å². The highest BCUT2D eigenvalue weighted by atomic mass is 35.5. The summed E-state index contributed by atoms with van der Waals surface area (Å²) in [6.45, 7) is 3.64. The molecule has 2 heterocycles. The molecule has 1 atom stereocenters. The summed E-state index contributed by atoms with van der Waals surface area (Å²) in [7, 11) is 0. The highest BCUT2D eigenvalue weighted by molar-refractivity contribution is 6.32. The smallest absolute Gasteiger partial charge is 0.338 e. The van der Waals surface area contributed by atoms with Crippen molar-refractivity contribution in [2.24, 2.45) is 0 Å². The lowest BCUT2D eigenvalue weighted by Crippen LogP contribution is -2.47. The lowest BCUT2D eigenvalue weighted by atomic mass is 9.94. The number of esters is 1. The molecule has 0 saturated carbocycles. The maximum Gasteiger partial charge on any atom is 0.338 e. The summed E-state index contributed by atoms with van der Waals surface area (Å²) in [4.78, 5) is 41.7. The quantitative estimate of drug-likeness (QED) is 0.424. The molecule has 2 amide bonds. The number of nitrogens with one attached hydrogen (secondary N) is 1. The second kappa shape index (κ2) is 8.91. The minimum absolute atomic E-state index is 0.0394. The predicted molar refractivity (Wildman–Crippen MR) is 108 cm³/mol. The lowest BCUT2D eigenvalue weighted by molar-refractivity contribution is -0.384. The number of allylic oxidation sites excluding steroid dienone is 1. The van der Waals surface area contributed by atoms with E-state index in [1.807, 2.05) is 6.07 Å². The second-order valence-electron chi connectivity index (χ2n) is 6.52. The van der Waals surface area contributed by atoms with Crippen LogP contribution in [0, 0.1) is 10.1 Å². The molecular formula is C20H19ClN4O5. The van der Waals surface area contributed by atoms with Gasteiger partial charge in [-0.3, -0.25) is 20.0 Å². The van der Waals surface area contributed by atoms with Crippen LogP contribution in [0.15, 0.2) is 54.0 Å². The van der Waals surface area contributed by atoms with Gasteiger partial charge in [0.15, 0.2) is 0 Å². The third-order valence-corrected chi connectivity index (χ3v) is 4.97. The fraction of sp³-hybridized carbons (Fsp3) is 0.250. The number of pyridine rings is 1. The normalized spacial score (nSPS) is 16.3. The molecule has 2 aromatic rings. The zero-order chi connectivity index (χ0) is 21.8. The molecule has 0 bridgehead atoms. The summed E-state index contributed by atoms with van der Waals surface area (Å²) in [6, 6.07) is 6.33. The average Bonchev–Trinajstić information content (AvgIpc) is 2.71. The Balaban J connectivity index is 2.07. The first-order chi connectivity index (χ1) is 14.3. The molecule has 1 aliphatic heterocycles. The summed E-state index contributed by atoms with van der Waals surface area (Å²) in [5.74, 6) is -0.617. The molecule has 1 aromatic heterocycles. The van der Waals surface area contributed by atoms with Crippen LogP contribution in [-0.2, 0) is 16.1 Å². The average molecular weight is 431 g/mol. The van der Waals surface area contributed by atoms with E-state index in [2.05, 4.69) is 10.3 Å². The number of carbonyl (C=O) groups excluding carboxylic acids is 2. The van der Waals surface area contributed by atoms with E-state index in [-0.39, 0.29) is 29.4 Å². The van der Waals surface area contributed by atoms with Gasteiger partial charge in [0, 0.05) is 24.2 Å². The van der Waals surface area contributed by atoms with Gasteiger partial charge in [-0.25, -0.2) is 9.59 Å². The number of benzene rings is 1. The van der Waals surface area contributed by atoms with Gasteiger partial charge in [0.05, 0.1) is 29.7 Å². The number of urea groups is 1. The van der Waals surface area contributed by atoms with Gasteiger partial charge in [-0.15, -0.1) is 0 Å². The molecule has 0 fully saturated rings. The van der Waals surface area contributed by atoms with Crippen LogP contribution in [0.2, 0.25) is 5.02 Å². The van der Waals surface area contributed by atoms with Gasteiger partial charge >= 0.3 is 12.0 Å². The Morgan fingerprint density at radius 2 is 2.17 bits per heavy atom. The minimum Gasteiger partial charge on any atom is -0.463 e. The van der Waals surface area contributed by atoms with Crippen molar-refractivity contribution in [1.29, 1.82) is 0 Å². The Hall–Kier alpha value is -3.46. The second-order valence-corrected chi connectivity index (χ2v) is 6.92. The van der Waals surface area contributed by atoms with Gasteiger partial charge in [-0.2, -0.15) is 0 Å². The Morgan fingerprint density at radius 1 is 1.40 bits per heavy atom. The van der Waals surface area contributed by atoms with Crippen molar-refractivity contribution in [3.05, 3.63) is 80.3 Å². The molecule has 1 aromatic carbocycles. The number of hydrogen-bond acceptors (Lipinski definition) is 6. The SMILES string of the molecule is CCOC(=O)C1=C(C)N(Cc2cccnc2)C(=O)N[C@H]1c1ccc(Cl)c([N+](=O)[O-])c1. The highest BCUT2D eigenvalue weighted by Crippen LogP contribution is 2.35. The zero-order valence-corrected chi connectivity index (χ0v) is 17.0. The minimum atomic E-state index is -0.919. The fourth-order valence-corrected chi connectivity index (χ4v) is 3.40. The number of nitro groups is 1. The summed E-state index contributed by atoms with van der Waals surface area (Å²) < 4.78 is 5.19. The van der Waals surface area contributed by atoms with Gasteiger partial charge in [0.2, 0.25) is 0 Å². The van der Waals surface area contributed by atoms with E-state index in [4.69, 9.17) is 16.3 Å². The first-order valence-electron chi connectivity index (χ1n) is 9.12. The van der Waals surface area contributed by atoms with Crippen LogP contribution in [0.3, 0.4) is 0 Å². The first kappa shape index (κ1) is 21.3. The summed E-state index contributed by atoms with van der Waals surface area (Å²) in [5, 5.41) is 14.0. The number of ether oxygens (including phenoxy) is 1. The highest BCUT2D eigenvalue weighted by Gasteiger charge is 2.37. The molecule has 30 heavy (non-hydrogen) atoms. The maximum atomic E-state index is 12.9. The van der Waals surface area contributed by atoms with E-state index in [0.29, 0.717) is 11.3 Å². The van der Waals surface area contributed by atoms with Crippen LogP contribution < -0.4 is 5.32 Å². The van der Waals surface area contributed by atoms with Crippen LogP contribution in [0.5, 0.6) is 0 Å². The van der Waals surface area contributed by atoms with Crippen molar-refractivity contribution >= 4 is 29.3 Å². The molecule has 9 nitrogen and oxygen atoms in total. The Kier molecular flexibility index (Phi) is 6.31. The van der Waals surface area contributed by atoms with Crippen molar-refractivity contribution in [2.45, 2.75) is 26.4 Å². The van der Waals surface area contributed by atoms with Crippen molar-refractivity contribution in [3.63, 3.8) is 0 Å². The van der Waals surface area contributed by atoms with Crippen LogP contribution in [0.1, 0.15) is 31.0 Å². The number of halogens is 1. The topological polar surface area (TPSA) is 115 Å². The molecule has 0 radical (unpaired) electrons. The van der Waals surface area contributed by atoms with Crippen molar-refractivity contribution < 1.29 is 19.2 Å². The summed E-state index contributed by atoms with van der Waals surface area (Å²) in [5.41, 5.74) is 1.39. The monoisotopic (exact) mass is 430 g/mol. The first-order valence-corrected chi connectivity index (χ1v) is 9.50. The molecular weight excluding hydrogens is 412 g/mol. The van der Waals surface area contributed by atoms with Gasteiger partial charge in [-0.05, 0) is 37.1 Å². The van der Waals surface area contributed by atoms with Crippen molar-refractivity contribution in [2.75, 3.05) is 6.61 Å². The molecule has 10 heteroatoms. The Bertz CT molecular complexity index is 1030. The van der Waals surface area contributed by atoms with Gasteiger partial charge in [0.1, 0.15) is 5.02 Å². The molecule has 0 unspecified atom stereocenters. The van der Waals surface area contributed by atoms with Crippen molar-refractivity contribution in [1.82, 2.24) is 15.2 Å². The number of amides is 2. The van der Waals surface area contributed by atoms with Crippen LogP contribution in [0.4, 0.5) is 10.5 Å². The molecule has 1 N–H and O–H groups in total. The van der Waals surface area contributed by atoms with Crippen LogP contribution >= 0.6 is 11.6 Å². The molecule has 0 spiro atoms. The number of carbonyl (C=O) groups is 2. The molecule has 3 rings (SSSR count).